The van der Waals surface area contributed by atoms with Gasteiger partial charge in [0.05, 0.1) is 38.6 Å². The van der Waals surface area contributed by atoms with Crippen LogP contribution in [-0.2, 0) is 33.2 Å². The molecule has 19 heteroatoms. The van der Waals surface area contributed by atoms with Crippen molar-refractivity contribution in [3.8, 4) is 0 Å². The van der Waals surface area contributed by atoms with Crippen LogP contribution in [0.5, 0.6) is 0 Å². The van der Waals surface area contributed by atoms with Gasteiger partial charge in [-0.2, -0.15) is 0 Å². The first-order valence-electron chi connectivity index (χ1n) is 23.5. The SMILES string of the molecule is C=C(CCC1(O)OC2CC3C4CCC5CC(OC6OC(CO)C(O)C(O)C6OC6OC(CO)C(O)C(O)C6O)CCC5(C)C4CCC3(C)C2C1C)COC1OC(CO)C(O)C(O)C1O. The van der Waals surface area contributed by atoms with Gasteiger partial charge in [0.15, 0.2) is 24.7 Å². The van der Waals surface area contributed by atoms with Crippen LogP contribution in [0, 0.1) is 46.3 Å². The topological polar surface area (TPSA) is 307 Å². The average molecular weight is 919 g/mol. The van der Waals surface area contributed by atoms with E-state index in [-0.39, 0.29) is 41.5 Å². The summed E-state index contributed by atoms with van der Waals surface area (Å²) in [6, 6.07) is 0. The minimum absolute atomic E-state index is 0.0224. The highest BCUT2D eigenvalue weighted by Crippen LogP contribution is 2.71. The largest absolute Gasteiger partial charge is 0.394 e. The van der Waals surface area contributed by atoms with Gasteiger partial charge in [-0.3, -0.25) is 0 Å². The Morgan fingerprint density at radius 1 is 0.641 bits per heavy atom. The molecule has 4 saturated carbocycles. The van der Waals surface area contributed by atoms with Crippen molar-refractivity contribution in [2.75, 3.05) is 26.4 Å². The summed E-state index contributed by atoms with van der Waals surface area (Å²) in [5, 5.41) is 125. The Labute approximate surface area is 373 Å². The van der Waals surface area contributed by atoms with E-state index in [0.717, 1.165) is 38.5 Å². The molecule has 4 heterocycles. The molecule has 8 rings (SSSR count). The second-order valence-corrected chi connectivity index (χ2v) is 21.0. The Bertz CT molecular complexity index is 1610. The maximum Gasteiger partial charge on any atom is 0.187 e. The maximum atomic E-state index is 12.0. The van der Waals surface area contributed by atoms with Crippen LogP contribution in [0.15, 0.2) is 12.2 Å². The lowest BCUT2D eigenvalue weighted by Gasteiger charge is -2.61. The molecule has 0 aromatic rings. The number of hydrogen-bond donors (Lipinski definition) is 12. The van der Waals surface area contributed by atoms with Crippen molar-refractivity contribution < 1.29 is 94.4 Å². The molecular formula is C45H74O19. The summed E-state index contributed by atoms with van der Waals surface area (Å²) in [6.45, 7) is 9.14. The van der Waals surface area contributed by atoms with Gasteiger partial charge in [0.2, 0.25) is 0 Å². The van der Waals surface area contributed by atoms with Crippen LogP contribution < -0.4 is 0 Å². The van der Waals surface area contributed by atoms with E-state index in [0.29, 0.717) is 54.9 Å². The third-order valence-electron chi connectivity index (χ3n) is 17.7. The zero-order chi connectivity index (χ0) is 46.2. The van der Waals surface area contributed by atoms with Gasteiger partial charge in [0, 0.05) is 12.3 Å². The van der Waals surface area contributed by atoms with Crippen molar-refractivity contribution in [2.45, 2.75) is 195 Å². The van der Waals surface area contributed by atoms with Crippen LogP contribution in [0.3, 0.4) is 0 Å². The van der Waals surface area contributed by atoms with E-state index < -0.39 is 118 Å². The molecule has 8 aliphatic rings. The quantitative estimate of drug-likeness (QED) is 0.0712. The third-order valence-corrected chi connectivity index (χ3v) is 17.7. The fraction of sp³-hybridized carbons (Fsp3) is 0.956. The molecule has 26 atom stereocenters. The van der Waals surface area contributed by atoms with Crippen molar-refractivity contribution in [1.29, 1.82) is 0 Å². The van der Waals surface area contributed by atoms with Crippen molar-refractivity contribution in [3.05, 3.63) is 12.2 Å². The molecule has 4 aliphatic heterocycles. The van der Waals surface area contributed by atoms with Crippen LogP contribution in [0.1, 0.15) is 85.0 Å². The minimum atomic E-state index is -1.75. The minimum Gasteiger partial charge on any atom is -0.394 e. The standard InChI is InChI=1S/C45H74O19/c1-19(18-58-40-37(55)34(52)31(49)27(15-46)60-40)7-12-45(57)20(2)30-26(64-45)14-25-23-6-5-21-13-22(8-10-43(21,3)24(23)9-11-44(25,30)4)59-42-39(36(54)33(51)29(17-48)62-42)63-41-38(56)35(53)32(50)28(16-47)61-41/h20-42,46-57H,1,5-18H2,2-4H3. The van der Waals surface area contributed by atoms with Gasteiger partial charge in [-0.15, -0.1) is 0 Å². The van der Waals surface area contributed by atoms with Gasteiger partial charge in [0.1, 0.15) is 73.2 Å². The zero-order valence-electron chi connectivity index (χ0n) is 37.1. The van der Waals surface area contributed by atoms with Crippen LogP contribution in [0.2, 0.25) is 0 Å². The molecule has 26 unspecified atom stereocenters. The normalized spacial score (nSPS) is 55.0. The Balaban J connectivity index is 0.870. The Morgan fingerprint density at radius 2 is 1.22 bits per heavy atom. The molecule has 0 radical (unpaired) electrons. The van der Waals surface area contributed by atoms with Gasteiger partial charge < -0.3 is 94.4 Å². The maximum absolute atomic E-state index is 12.0. The van der Waals surface area contributed by atoms with Gasteiger partial charge in [-0.05, 0) is 98.2 Å². The molecule has 0 spiro atoms. The van der Waals surface area contributed by atoms with Gasteiger partial charge in [0.25, 0.3) is 0 Å². The number of ether oxygens (including phenoxy) is 7. The monoisotopic (exact) mass is 918 g/mol. The molecule has 0 bridgehead atoms. The smallest absolute Gasteiger partial charge is 0.187 e. The summed E-state index contributed by atoms with van der Waals surface area (Å²) >= 11 is 0. The molecule has 4 aliphatic carbocycles. The van der Waals surface area contributed by atoms with Crippen LogP contribution in [-0.4, -0.2) is 198 Å². The van der Waals surface area contributed by atoms with E-state index in [9.17, 15) is 61.3 Å². The summed E-state index contributed by atoms with van der Waals surface area (Å²) in [5.41, 5.74) is 0.646. The van der Waals surface area contributed by atoms with Crippen LogP contribution in [0.25, 0.3) is 0 Å². The molecule has 8 fully saturated rings. The predicted octanol–water partition coefficient (Wildman–Crippen LogP) is -1.86. The first-order valence-corrected chi connectivity index (χ1v) is 23.5. The summed E-state index contributed by atoms with van der Waals surface area (Å²) in [7, 11) is 0. The van der Waals surface area contributed by atoms with E-state index in [1.54, 1.807) is 0 Å². The molecule has 4 saturated heterocycles. The van der Waals surface area contributed by atoms with Gasteiger partial charge in [-0.25, -0.2) is 0 Å². The van der Waals surface area contributed by atoms with Gasteiger partial charge in [-0.1, -0.05) is 32.9 Å². The van der Waals surface area contributed by atoms with E-state index >= 15 is 0 Å². The molecule has 0 aromatic heterocycles. The molecule has 0 aromatic carbocycles. The first kappa shape index (κ1) is 49.4. The molecule has 64 heavy (non-hydrogen) atoms. The Kier molecular flexibility index (Phi) is 14.7. The van der Waals surface area contributed by atoms with E-state index in [2.05, 4.69) is 27.4 Å². The van der Waals surface area contributed by atoms with Crippen LogP contribution in [0.4, 0.5) is 0 Å². The fourth-order valence-electron chi connectivity index (χ4n) is 14.0. The Morgan fingerprint density at radius 3 is 1.86 bits per heavy atom. The molecule has 19 nitrogen and oxygen atoms in total. The van der Waals surface area contributed by atoms with E-state index in [1.165, 1.54) is 0 Å². The molecule has 0 amide bonds. The number of aliphatic hydroxyl groups excluding tert-OH is 11. The molecule has 12 N–H and O–H groups in total. The lowest BCUT2D eigenvalue weighted by atomic mass is 9.44. The number of fused-ring (bicyclic) bond motifs is 7. The average Bonchev–Trinajstić information content (AvgIpc) is 3.71. The van der Waals surface area contributed by atoms with E-state index in [1.807, 2.05) is 0 Å². The second-order valence-electron chi connectivity index (χ2n) is 21.0. The molecular weight excluding hydrogens is 844 g/mol. The Hall–Kier alpha value is -1.02. The van der Waals surface area contributed by atoms with Crippen molar-refractivity contribution in [1.82, 2.24) is 0 Å². The number of aliphatic hydroxyl groups is 12. The number of hydrogen-bond acceptors (Lipinski definition) is 19. The summed E-state index contributed by atoms with van der Waals surface area (Å²) in [5.74, 6) is 0.404. The lowest BCUT2D eigenvalue weighted by Crippen LogP contribution is -2.65. The van der Waals surface area contributed by atoms with E-state index in [4.69, 9.17) is 33.2 Å². The summed E-state index contributed by atoms with van der Waals surface area (Å²) in [6.07, 6.45) is -14.4. The highest BCUT2D eigenvalue weighted by molar-refractivity contribution is 5.15. The van der Waals surface area contributed by atoms with Crippen molar-refractivity contribution >= 4 is 0 Å². The highest BCUT2D eigenvalue weighted by Gasteiger charge is 2.68. The van der Waals surface area contributed by atoms with Gasteiger partial charge >= 0.3 is 0 Å². The fourth-order valence-corrected chi connectivity index (χ4v) is 14.0. The number of rotatable bonds is 13. The lowest BCUT2D eigenvalue weighted by molar-refractivity contribution is -0.373. The second kappa shape index (κ2) is 19.1. The summed E-state index contributed by atoms with van der Waals surface area (Å²) < 4.78 is 41.8. The predicted molar refractivity (Wildman–Crippen MR) is 219 cm³/mol. The first-order chi connectivity index (χ1) is 30.3. The van der Waals surface area contributed by atoms with Crippen molar-refractivity contribution in [2.24, 2.45) is 46.3 Å². The summed E-state index contributed by atoms with van der Waals surface area (Å²) in [4.78, 5) is 0. The van der Waals surface area contributed by atoms with Crippen LogP contribution >= 0.6 is 0 Å². The zero-order valence-corrected chi connectivity index (χ0v) is 37.1. The van der Waals surface area contributed by atoms with Crippen molar-refractivity contribution in [3.63, 3.8) is 0 Å². The molecule has 368 valence electrons. The highest BCUT2D eigenvalue weighted by atomic mass is 16.8. The third kappa shape index (κ3) is 8.57.